The molecule has 1 rings (SSSR count). The Balaban J connectivity index is 2.83. The van der Waals surface area contributed by atoms with Gasteiger partial charge in [-0.1, -0.05) is 0 Å². The van der Waals surface area contributed by atoms with Crippen LogP contribution in [0.4, 0.5) is 0 Å². The number of hydrogen-bond donors (Lipinski definition) is 1. The van der Waals surface area contributed by atoms with Crippen molar-refractivity contribution in [3.63, 3.8) is 0 Å². The predicted octanol–water partition coefficient (Wildman–Crippen LogP) is 2.33. The molecular formula is C12H15OS+. The number of aromatic hydroxyl groups is 1. The van der Waals surface area contributed by atoms with Crippen LogP contribution in [0.3, 0.4) is 0 Å². The van der Waals surface area contributed by atoms with E-state index >= 15 is 0 Å². The lowest BCUT2D eigenvalue weighted by molar-refractivity contribution is 0.470. The molecule has 1 N–H and O–H groups in total. The fourth-order valence-electron chi connectivity index (χ4n) is 1.11. The Bertz CT molecular complexity index is 374. The molecule has 1 nitrogen and oxygen atoms in total. The molecule has 0 saturated heterocycles. The number of phenolic OH excluding ortho intramolecular Hbond substituents is 1. The lowest BCUT2D eigenvalue weighted by atomic mass is 10.2. The van der Waals surface area contributed by atoms with Gasteiger partial charge in [0.15, 0.2) is 10.6 Å². The Morgan fingerprint density at radius 3 is 2.71 bits per heavy atom. The summed E-state index contributed by atoms with van der Waals surface area (Å²) in [6.45, 7) is 3.78. The lowest BCUT2D eigenvalue weighted by Crippen LogP contribution is -2.03. The number of benzene rings is 1. The summed E-state index contributed by atoms with van der Waals surface area (Å²) in [5.74, 6) is 7.25. The average Bonchev–Trinajstić information content (AvgIpc) is 2.18. The van der Waals surface area contributed by atoms with Crippen LogP contribution in [0, 0.1) is 18.8 Å². The second-order valence-electron chi connectivity index (χ2n) is 3.16. The van der Waals surface area contributed by atoms with Crippen molar-refractivity contribution in [3.8, 4) is 17.6 Å². The zero-order valence-electron chi connectivity index (χ0n) is 8.79. The van der Waals surface area contributed by atoms with Gasteiger partial charge in [-0.15, -0.1) is 5.92 Å². The highest BCUT2D eigenvalue weighted by molar-refractivity contribution is 7.96. The van der Waals surface area contributed by atoms with Gasteiger partial charge < -0.3 is 5.11 Å². The standard InChI is InChI=1S/C12H14OS/c1-4-5-8-14(3)11-6-7-12(13)10(2)9-11/h6-7,9H,8H2,1-3H3/p+1. The Hall–Kier alpha value is -1.07. The van der Waals surface area contributed by atoms with E-state index in [0.717, 1.165) is 11.3 Å². The largest absolute Gasteiger partial charge is 0.508 e. The summed E-state index contributed by atoms with van der Waals surface area (Å²) in [5, 5.41) is 9.38. The van der Waals surface area contributed by atoms with E-state index in [0.29, 0.717) is 5.75 Å². The molecule has 0 aliphatic rings. The van der Waals surface area contributed by atoms with Crippen LogP contribution in [0.25, 0.3) is 0 Å². The number of hydrogen-bond acceptors (Lipinski definition) is 1. The molecule has 0 aromatic heterocycles. The maximum Gasteiger partial charge on any atom is 0.173 e. The van der Waals surface area contributed by atoms with Crippen molar-refractivity contribution in [3.05, 3.63) is 23.8 Å². The van der Waals surface area contributed by atoms with Gasteiger partial charge in [-0.05, 0) is 43.5 Å². The van der Waals surface area contributed by atoms with Crippen molar-refractivity contribution in [2.75, 3.05) is 12.0 Å². The highest BCUT2D eigenvalue weighted by Gasteiger charge is 2.14. The van der Waals surface area contributed by atoms with Crippen LogP contribution in [-0.4, -0.2) is 17.1 Å². The Morgan fingerprint density at radius 1 is 1.43 bits per heavy atom. The van der Waals surface area contributed by atoms with Gasteiger partial charge in [0, 0.05) is 10.9 Å². The first kappa shape index (κ1) is 11.0. The molecule has 74 valence electrons. The Kier molecular flexibility index (Phi) is 3.91. The van der Waals surface area contributed by atoms with Crippen molar-refractivity contribution in [2.24, 2.45) is 0 Å². The van der Waals surface area contributed by atoms with Crippen molar-refractivity contribution < 1.29 is 5.11 Å². The second-order valence-corrected chi connectivity index (χ2v) is 5.19. The summed E-state index contributed by atoms with van der Waals surface area (Å²) in [4.78, 5) is 1.27. The zero-order valence-corrected chi connectivity index (χ0v) is 9.61. The third-order valence-corrected chi connectivity index (χ3v) is 3.67. The molecular weight excluding hydrogens is 192 g/mol. The third-order valence-electron chi connectivity index (χ3n) is 2.04. The summed E-state index contributed by atoms with van der Waals surface area (Å²) in [7, 11) is 0.163. The van der Waals surface area contributed by atoms with Crippen molar-refractivity contribution in [1.29, 1.82) is 0 Å². The van der Waals surface area contributed by atoms with E-state index in [-0.39, 0.29) is 10.9 Å². The highest BCUT2D eigenvalue weighted by atomic mass is 32.2. The summed E-state index contributed by atoms with van der Waals surface area (Å²) in [6, 6.07) is 5.77. The van der Waals surface area contributed by atoms with E-state index in [1.54, 1.807) is 6.07 Å². The van der Waals surface area contributed by atoms with Crippen molar-refractivity contribution in [2.45, 2.75) is 18.7 Å². The fourth-order valence-corrected chi connectivity index (χ4v) is 2.31. The first-order valence-corrected chi connectivity index (χ1v) is 6.27. The molecule has 0 aliphatic heterocycles. The molecule has 1 atom stereocenters. The maximum atomic E-state index is 9.38. The van der Waals surface area contributed by atoms with Crippen molar-refractivity contribution in [1.82, 2.24) is 0 Å². The molecule has 0 aliphatic carbocycles. The topological polar surface area (TPSA) is 20.2 Å². The first-order chi connectivity index (χ1) is 6.65. The van der Waals surface area contributed by atoms with E-state index in [1.165, 1.54) is 4.90 Å². The molecule has 0 saturated carbocycles. The normalized spacial score (nSPS) is 11.6. The molecule has 0 radical (unpaired) electrons. The Morgan fingerprint density at radius 2 is 2.14 bits per heavy atom. The van der Waals surface area contributed by atoms with E-state index in [4.69, 9.17) is 0 Å². The average molecular weight is 207 g/mol. The van der Waals surface area contributed by atoms with Crippen LogP contribution >= 0.6 is 0 Å². The minimum absolute atomic E-state index is 0.163. The van der Waals surface area contributed by atoms with E-state index in [9.17, 15) is 5.11 Å². The van der Waals surface area contributed by atoms with Crippen LogP contribution in [-0.2, 0) is 10.9 Å². The maximum absolute atomic E-state index is 9.38. The zero-order chi connectivity index (χ0) is 10.6. The minimum atomic E-state index is 0.163. The monoisotopic (exact) mass is 207 g/mol. The summed E-state index contributed by atoms with van der Waals surface area (Å²) in [5.41, 5.74) is 0.936. The molecule has 0 bridgehead atoms. The molecule has 2 heteroatoms. The fraction of sp³-hybridized carbons (Fsp3) is 0.333. The summed E-state index contributed by atoms with van der Waals surface area (Å²) in [6.07, 6.45) is 2.18. The quantitative estimate of drug-likeness (QED) is 0.583. The lowest BCUT2D eigenvalue weighted by Gasteiger charge is -2.01. The van der Waals surface area contributed by atoms with Crippen LogP contribution in [0.5, 0.6) is 5.75 Å². The molecule has 0 amide bonds. The number of aryl methyl sites for hydroxylation is 1. The number of rotatable bonds is 2. The second kappa shape index (κ2) is 4.97. The molecule has 0 heterocycles. The summed E-state index contributed by atoms with van der Waals surface area (Å²) >= 11 is 0. The minimum Gasteiger partial charge on any atom is -0.508 e. The van der Waals surface area contributed by atoms with Crippen LogP contribution in [0.15, 0.2) is 23.1 Å². The highest BCUT2D eigenvalue weighted by Crippen LogP contribution is 2.20. The third kappa shape index (κ3) is 2.71. The van der Waals surface area contributed by atoms with Gasteiger partial charge in [0.25, 0.3) is 0 Å². The molecule has 0 fully saturated rings. The van der Waals surface area contributed by atoms with Gasteiger partial charge in [-0.25, -0.2) is 0 Å². The van der Waals surface area contributed by atoms with E-state index < -0.39 is 0 Å². The predicted molar refractivity (Wildman–Crippen MR) is 62.7 cm³/mol. The van der Waals surface area contributed by atoms with Gasteiger partial charge in [-0.2, -0.15) is 0 Å². The van der Waals surface area contributed by atoms with Gasteiger partial charge >= 0.3 is 0 Å². The van der Waals surface area contributed by atoms with Crippen LogP contribution in [0.2, 0.25) is 0 Å². The molecule has 0 spiro atoms. The van der Waals surface area contributed by atoms with Crippen molar-refractivity contribution >= 4 is 10.9 Å². The Labute approximate surface area is 88.5 Å². The molecule has 14 heavy (non-hydrogen) atoms. The van der Waals surface area contributed by atoms with Gasteiger partial charge in [0.1, 0.15) is 12.0 Å². The van der Waals surface area contributed by atoms with E-state index in [2.05, 4.69) is 18.1 Å². The molecule has 1 aromatic carbocycles. The van der Waals surface area contributed by atoms with Gasteiger partial charge in [-0.3, -0.25) is 0 Å². The van der Waals surface area contributed by atoms with Crippen LogP contribution < -0.4 is 0 Å². The SMILES string of the molecule is CC#CC[S+](C)c1ccc(O)c(C)c1. The van der Waals surface area contributed by atoms with Crippen LogP contribution in [0.1, 0.15) is 12.5 Å². The van der Waals surface area contributed by atoms with E-state index in [1.807, 2.05) is 26.0 Å². The molecule has 1 unspecified atom stereocenters. The first-order valence-electron chi connectivity index (χ1n) is 4.47. The smallest absolute Gasteiger partial charge is 0.173 e. The van der Waals surface area contributed by atoms with Gasteiger partial charge in [0.05, 0.1) is 0 Å². The molecule has 1 aromatic rings. The summed E-state index contributed by atoms with van der Waals surface area (Å²) < 4.78 is 0. The van der Waals surface area contributed by atoms with Gasteiger partial charge in [0.2, 0.25) is 0 Å². The number of phenols is 1.